The van der Waals surface area contributed by atoms with Gasteiger partial charge in [0.1, 0.15) is 12.3 Å². The van der Waals surface area contributed by atoms with E-state index in [1.165, 1.54) is 0 Å². The van der Waals surface area contributed by atoms with Crippen LogP contribution in [0.5, 0.6) is 0 Å². The van der Waals surface area contributed by atoms with Gasteiger partial charge in [0.05, 0.1) is 34.8 Å². The van der Waals surface area contributed by atoms with Gasteiger partial charge in [-0.05, 0) is 56.2 Å². The fourth-order valence-electron chi connectivity index (χ4n) is 4.15. The first kappa shape index (κ1) is 22.5. The Balaban J connectivity index is 1.43. The number of hydrogen-bond donors (Lipinski definition) is 1. The lowest BCUT2D eigenvalue weighted by Gasteiger charge is -2.15. The van der Waals surface area contributed by atoms with Gasteiger partial charge >= 0.3 is 0 Å². The number of amides is 1. The van der Waals surface area contributed by atoms with Gasteiger partial charge in [-0.3, -0.25) is 14.5 Å². The molecule has 5 rings (SSSR count). The third-order valence-corrected chi connectivity index (χ3v) is 5.90. The van der Waals surface area contributed by atoms with Crippen LogP contribution in [0.3, 0.4) is 0 Å². The summed E-state index contributed by atoms with van der Waals surface area (Å²) in [4.78, 5) is 22.4. The van der Waals surface area contributed by atoms with Crippen molar-refractivity contribution in [3.63, 3.8) is 0 Å². The van der Waals surface area contributed by atoms with Crippen LogP contribution in [0.1, 0.15) is 34.4 Å². The van der Waals surface area contributed by atoms with Gasteiger partial charge in [-0.15, -0.1) is 0 Å². The summed E-state index contributed by atoms with van der Waals surface area (Å²) < 4.78 is 9.22. The van der Waals surface area contributed by atoms with E-state index < -0.39 is 0 Å². The maximum atomic E-state index is 13.4. The molecule has 0 fully saturated rings. The summed E-state index contributed by atoms with van der Waals surface area (Å²) in [5.41, 5.74) is 4.73. The summed E-state index contributed by atoms with van der Waals surface area (Å²) in [5, 5.41) is 12.8. The second-order valence-corrected chi connectivity index (χ2v) is 8.84. The highest BCUT2D eigenvalue weighted by molar-refractivity contribution is 6.06. The number of carbonyl (C=O) groups is 1. The Kier molecular flexibility index (Phi) is 6.13. The summed E-state index contributed by atoms with van der Waals surface area (Å²) in [5.74, 6) is 0.793. The summed E-state index contributed by atoms with van der Waals surface area (Å²) in [6, 6.07) is 11.4. The number of nitrogens with one attached hydrogen (secondary N) is 1. The van der Waals surface area contributed by atoms with Gasteiger partial charge in [-0.25, -0.2) is 9.67 Å². The van der Waals surface area contributed by atoms with Gasteiger partial charge in [-0.1, -0.05) is 6.92 Å². The molecule has 0 saturated heterocycles. The number of furan rings is 1. The molecule has 1 amide bonds. The first-order valence-electron chi connectivity index (χ1n) is 11.6. The van der Waals surface area contributed by atoms with Crippen molar-refractivity contribution in [1.29, 1.82) is 0 Å². The number of aryl methyl sites for hydroxylation is 2. The number of carbonyl (C=O) groups excluding carboxylic acids is 1. The fourth-order valence-corrected chi connectivity index (χ4v) is 4.15. The van der Waals surface area contributed by atoms with Crippen LogP contribution in [-0.4, -0.2) is 42.0 Å². The standard InChI is InChI=1S/C26H27N7O2/c1-17(15-32-19(3)10-18(2)31-32)12-28-26(34)22-11-24(20-6-4-8-27-13-20)30-25-23(22)14-29-33(25)16-21-7-5-9-35-21/h4-11,13-14,17H,12,15-16H2,1-3H3,(H,28,34). The molecule has 0 aliphatic carbocycles. The van der Waals surface area contributed by atoms with Gasteiger partial charge in [-0.2, -0.15) is 10.2 Å². The van der Waals surface area contributed by atoms with Crippen molar-refractivity contribution in [1.82, 2.24) is 34.8 Å². The molecule has 5 aromatic rings. The van der Waals surface area contributed by atoms with Crippen LogP contribution >= 0.6 is 0 Å². The second kappa shape index (κ2) is 9.54. The molecule has 0 bridgehead atoms. The summed E-state index contributed by atoms with van der Waals surface area (Å²) in [6.07, 6.45) is 6.76. The Hall–Kier alpha value is -4.27. The molecule has 0 aromatic carbocycles. The van der Waals surface area contributed by atoms with E-state index in [0.717, 1.165) is 29.3 Å². The largest absolute Gasteiger partial charge is 0.467 e. The third-order valence-electron chi connectivity index (χ3n) is 5.90. The zero-order chi connectivity index (χ0) is 24.4. The molecular weight excluding hydrogens is 442 g/mol. The molecule has 0 radical (unpaired) electrons. The number of rotatable bonds is 8. The summed E-state index contributed by atoms with van der Waals surface area (Å²) >= 11 is 0. The molecule has 35 heavy (non-hydrogen) atoms. The van der Waals surface area contributed by atoms with Crippen molar-refractivity contribution in [2.75, 3.05) is 6.54 Å². The second-order valence-electron chi connectivity index (χ2n) is 8.84. The monoisotopic (exact) mass is 469 g/mol. The maximum absolute atomic E-state index is 13.4. The van der Waals surface area contributed by atoms with Crippen molar-refractivity contribution in [3.8, 4) is 11.3 Å². The van der Waals surface area contributed by atoms with E-state index in [9.17, 15) is 4.79 Å². The average molecular weight is 470 g/mol. The van der Waals surface area contributed by atoms with Gasteiger partial charge < -0.3 is 9.73 Å². The normalized spacial score (nSPS) is 12.2. The minimum Gasteiger partial charge on any atom is -0.467 e. The van der Waals surface area contributed by atoms with E-state index in [1.54, 1.807) is 35.6 Å². The molecule has 9 nitrogen and oxygen atoms in total. The van der Waals surface area contributed by atoms with E-state index in [-0.39, 0.29) is 11.8 Å². The van der Waals surface area contributed by atoms with Gasteiger partial charge in [0.2, 0.25) is 0 Å². The molecule has 0 aliphatic rings. The topological polar surface area (TPSA) is 104 Å². The van der Waals surface area contributed by atoms with Crippen molar-refractivity contribution < 1.29 is 9.21 Å². The first-order chi connectivity index (χ1) is 17.0. The number of nitrogens with zero attached hydrogens (tertiary/aromatic N) is 6. The lowest BCUT2D eigenvalue weighted by atomic mass is 10.1. The highest BCUT2D eigenvalue weighted by Crippen LogP contribution is 2.25. The van der Waals surface area contributed by atoms with Gasteiger partial charge in [0.15, 0.2) is 5.65 Å². The number of aromatic nitrogens is 6. The van der Waals surface area contributed by atoms with Crippen molar-refractivity contribution in [3.05, 3.63) is 84.0 Å². The van der Waals surface area contributed by atoms with Crippen LogP contribution in [0.2, 0.25) is 0 Å². The Labute approximate surface area is 202 Å². The molecule has 1 N–H and O–H groups in total. The molecule has 178 valence electrons. The predicted octanol–water partition coefficient (Wildman–Crippen LogP) is 4.01. The van der Waals surface area contributed by atoms with Gasteiger partial charge in [0, 0.05) is 36.7 Å². The van der Waals surface area contributed by atoms with Crippen LogP contribution in [0.15, 0.2) is 65.7 Å². The molecule has 5 heterocycles. The molecule has 5 aromatic heterocycles. The highest BCUT2D eigenvalue weighted by Gasteiger charge is 2.19. The minimum atomic E-state index is -0.166. The Bertz CT molecular complexity index is 1450. The number of hydrogen-bond acceptors (Lipinski definition) is 6. The van der Waals surface area contributed by atoms with Crippen LogP contribution < -0.4 is 5.32 Å². The lowest BCUT2D eigenvalue weighted by Crippen LogP contribution is -2.30. The first-order valence-corrected chi connectivity index (χ1v) is 11.6. The van der Waals surface area contributed by atoms with Crippen molar-refractivity contribution in [2.45, 2.75) is 33.9 Å². The van der Waals surface area contributed by atoms with Crippen LogP contribution in [0.25, 0.3) is 22.3 Å². The van der Waals surface area contributed by atoms with Crippen LogP contribution in [0, 0.1) is 19.8 Å². The smallest absolute Gasteiger partial charge is 0.252 e. The lowest BCUT2D eigenvalue weighted by molar-refractivity contribution is 0.0948. The average Bonchev–Trinajstić information content (AvgIpc) is 3.59. The van der Waals surface area contributed by atoms with E-state index in [2.05, 4.69) is 33.5 Å². The minimum absolute atomic E-state index is 0.166. The SMILES string of the molecule is Cc1cc(C)n(CC(C)CNC(=O)c2cc(-c3cccnc3)nc3c2cnn3Cc2ccco2)n1. The van der Waals surface area contributed by atoms with Crippen molar-refractivity contribution in [2.24, 2.45) is 5.92 Å². The molecule has 1 atom stereocenters. The molecule has 0 aliphatic heterocycles. The molecular formula is C26H27N7O2. The number of fused-ring (bicyclic) bond motifs is 1. The van der Waals surface area contributed by atoms with Gasteiger partial charge in [0.25, 0.3) is 5.91 Å². The highest BCUT2D eigenvalue weighted by atomic mass is 16.3. The fraction of sp³-hybridized carbons (Fsp3) is 0.269. The molecule has 0 spiro atoms. The zero-order valence-electron chi connectivity index (χ0n) is 20.0. The summed E-state index contributed by atoms with van der Waals surface area (Å²) in [7, 11) is 0. The third kappa shape index (κ3) is 4.84. The molecule has 9 heteroatoms. The predicted molar refractivity (Wildman–Crippen MR) is 132 cm³/mol. The van der Waals surface area contributed by atoms with E-state index in [1.807, 2.05) is 42.8 Å². The number of pyridine rings is 2. The molecule has 1 unspecified atom stereocenters. The zero-order valence-corrected chi connectivity index (χ0v) is 20.0. The van der Waals surface area contributed by atoms with Crippen LogP contribution in [-0.2, 0) is 13.1 Å². The van der Waals surface area contributed by atoms with E-state index >= 15 is 0 Å². The Morgan fingerprint density at radius 1 is 1.14 bits per heavy atom. The quantitative estimate of drug-likeness (QED) is 0.368. The van der Waals surface area contributed by atoms with Crippen LogP contribution in [0.4, 0.5) is 0 Å². The Morgan fingerprint density at radius 2 is 2.03 bits per heavy atom. The van der Waals surface area contributed by atoms with E-state index in [4.69, 9.17) is 9.40 Å². The molecule has 0 saturated carbocycles. The Morgan fingerprint density at radius 3 is 2.74 bits per heavy atom. The summed E-state index contributed by atoms with van der Waals surface area (Å²) in [6.45, 7) is 7.79. The van der Waals surface area contributed by atoms with E-state index in [0.29, 0.717) is 35.4 Å². The van der Waals surface area contributed by atoms with Crippen molar-refractivity contribution >= 4 is 16.9 Å². The maximum Gasteiger partial charge on any atom is 0.252 e.